The highest BCUT2D eigenvalue weighted by Crippen LogP contribution is 2.26. The number of nitrogens with zero attached hydrogens (tertiary/aromatic N) is 3. The Morgan fingerprint density at radius 2 is 1.57 bits per heavy atom. The molecule has 184 valence electrons. The molecule has 0 N–H and O–H groups in total. The van der Waals surface area contributed by atoms with E-state index in [2.05, 4.69) is 23.2 Å². The van der Waals surface area contributed by atoms with Crippen LogP contribution in [0.1, 0.15) is 38.1 Å². The third kappa shape index (κ3) is 5.24. The summed E-state index contributed by atoms with van der Waals surface area (Å²) in [6.45, 7) is 8.92. The fraction of sp³-hybridized carbons (Fsp3) is 0.333. The molecule has 0 fully saturated rings. The van der Waals surface area contributed by atoms with Crippen LogP contribution >= 0.6 is 11.3 Å². The molecule has 8 heteroatoms. The van der Waals surface area contributed by atoms with Gasteiger partial charge in [-0.1, -0.05) is 69.4 Å². The van der Waals surface area contributed by atoms with Gasteiger partial charge in [0.05, 0.1) is 15.1 Å². The minimum atomic E-state index is -3.65. The Bertz CT molecular complexity index is 1540. The summed E-state index contributed by atoms with van der Waals surface area (Å²) >= 11 is 1.46. The van der Waals surface area contributed by atoms with E-state index < -0.39 is 15.9 Å². The van der Waals surface area contributed by atoms with Gasteiger partial charge in [-0.2, -0.15) is 9.30 Å². The number of sulfonamides is 1. The van der Waals surface area contributed by atoms with Crippen LogP contribution in [-0.2, 0) is 17.1 Å². The summed E-state index contributed by atoms with van der Waals surface area (Å²) in [4.78, 5) is 18.1. The summed E-state index contributed by atoms with van der Waals surface area (Å²) in [7, 11) is -1.74. The van der Waals surface area contributed by atoms with Crippen LogP contribution in [0.5, 0.6) is 0 Å². The molecule has 0 saturated carbocycles. The van der Waals surface area contributed by atoms with Gasteiger partial charge in [0.25, 0.3) is 5.91 Å². The molecule has 4 rings (SSSR count). The lowest BCUT2D eigenvalue weighted by Gasteiger charge is -2.25. The minimum absolute atomic E-state index is 0.189. The number of thiazole rings is 1. The SMILES string of the molecule is CC(C)CN(CC(C)C)S(=O)(=O)c1ccc(C(=O)N=c2sc3ccc4ccccc4c3n2C)cc1. The van der Waals surface area contributed by atoms with Crippen molar-refractivity contribution >= 4 is 48.3 Å². The van der Waals surface area contributed by atoms with Crippen molar-refractivity contribution in [2.75, 3.05) is 13.1 Å². The number of rotatable bonds is 7. The van der Waals surface area contributed by atoms with Crippen molar-refractivity contribution in [1.82, 2.24) is 8.87 Å². The van der Waals surface area contributed by atoms with Gasteiger partial charge in [-0.05, 0) is 47.6 Å². The van der Waals surface area contributed by atoms with E-state index in [1.807, 2.05) is 57.5 Å². The fourth-order valence-electron chi connectivity index (χ4n) is 4.18. The van der Waals surface area contributed by atoms with E-state index in [1.165, 1.54) is 27.8 Å². The first-order chi connectivity index (χ1) is 16.6. The van der Waals surface area contributed by atoms with E-state index >= 15 is 0 Å². The molecule has 6 nitrogen and oxygen atoms in total. The van der Waals surface area contributed by atoms with E-state index in [-0.39, 0.29) is 16.7 Å². The Morgan fingerprint density at radius 1 is 0.943 bits per heavy atom. The van der Waals surface area contributed by atoms with Crippen LogP contribution in [0.25, 0.3) is 21.0 Å². The number of carbonyl (C=O) groups is 1. The van der Waals surface area contributed by atoms with Crippen LogP contribution in [0.15, 0.2) is 70.6 Å². The smallest absolute Gasteiger partial charge is 0.279 e. The monoisotopic (exact) mass is 509 g/mol. The van der Waals surface area contributed by atoms with Crippen molar-refractivity contribution < 1.29 is 13.2 Å². The van der Waals surface area contributed by atoms with Gasteiger partial charge in [0.1, 0.15) is 0 Å². The number of amides is 1. The Morgan fingerprint density at radius 3 is 2.20 bits per heavy atom. The van der Waals surface area contributed by atoms with Crippen LogP contribution in [0.3, 0.4) is 0 Å². The largest absolute Gasteiger partial charge is 0.319 e. The van der Waals surface area contributed by atoms with Gasteiger partial charge in [0.2, 0.25) is 10.0 Å². The van der Waals surface area contributed by atoms with Gasteiger partial charge in [0.15, 0.2) is 4.80 Å². The molecule has 1 heterocycles. The Labute approximate surface area is 210 Å². The lowest BCUT2D eigenvalue weighted by Crippen LogP contribution is -2.37. The fourth-order valence-corrected chi connectivity index (χ4v) is 6.98. The van der Waals surface area contributed by atoms with Crippen molar-refractivity contribution in [3.05, 3.63) is 71.0 Å². The highest BCUT2D eigenvalue weighted by Gasteiger charge is 2.26. The molecule has 4 aromatic rings. The van der Waals surface area contributed by atoms with Crippen LogP contribution in [0, 0.1) is 11.8 Å². The number of aryl methyl sites for hydroxylation is 1. The summed E-state index contributed by atoms with van der Waals surface area (Å²) in [5.74, 6) is 0.0197. The molecule has 0 aliphatic rings. The summed E-state index contributed by atoms with van der Waals surface area (Å²) < 4.78 is 31.0. The number of hydrogen-bond donors (Lipinski definition) is 0. The predicted octanol–water partition coefficient (Wildman–Crippen LogP) is 5.44. The first-order valence-corrected chi connectivity index (χ1v) is 14.0. The first kappa shape index (κ1) is 25.3. The number of fused-ring (bicyclic) bond motifs is 3. The first-order valence-electron chi connectivity index (χ1n) is 11.7. The molecule has 0 bridgehead atoms. The van der Waals surface area contributed by atoms with Crippen LogP contribution in [0.2, 0.25) is 0 Å². The third-order valence-electron chi connectivity index (χ3n) is 5.76. The van der Waals surface area contributed by atoms with E-state index in [0.29, 0.717) is 23.5 Å². The van der Waals surface area contributed by atoms with Gasteiger partial charge in [-0.25, -0.2) is 8.42 Å². The van der Waals surface area contributed by atoms with Crippen molar-refractivity contribution in [1.29, 1.82) is 0 Å². The number of hydrogen-bond acceptors (Lipinski definition) is 4. The van der Waals surface area contributed by atoms with Crippen molar-refractivity contribution in [3.63, 3.8) is 0 Å². The predicted molar refractivity (Wildman–Crippen MR) is 143 cm³/mol. The van der Waals surface area contributed by atoms with E-state index in [0.717, 1.165) is 21.0 Å². The lowest BCUT2D eigenvalue weighted by molar-refractivity contribution is 0.0998. The molecule has 0 saturated heterocycles. The number of carbonyl (C=O) groups excluding carboxylic acids is 1. The molecule has 1 aromatic heterocycles. The summed E-state index contributed by atoms with van der Waals surface area (Å²) in [6.07, 6.45) is 0. The molecule has 3 aromatic carbocycles. The van der Waals surface area contributed by atoms with Gasteiger partial charge in [-0.15, -0.1) is 0 Å². The topological polar surface area (TPSA) is 71.7 Å². The molecule has 0 aliphatic heterocycles. The second-order valence-electron chi connectivity index (χ2n) is 9.63. The summed E-state index contributed by atoms with van der Waals surface area (Å²) in [5.41, 5.74) is 1.39. The standard InChI is InChI=1S/C27H31N3O3S2/c1-18(2)16-30(17-19(3)4)35(32,33)22-13-10-21(11-14-22)26(31)28-27-29(5)25-23-9-7-6-8-20(23)12-15-24(25)34-27/h6-15,18-19H,16-17H2,1-5H3. The van der Waals surface area contributed by atoms with Gasteiger partial charge >= 0.3 is 0 Å². The normalized spacial score (nSPS) is 13.1. The molecule has 0 atom stereocenters. The molecular formula is C27H31N3O3S2. The Balaban J connectivity index is 1.66. The Hall–Kier alpha value is -2.81. The maximum atomic E-state index is 13.2. The Kier molecular flexibility index (Phi) is 7.26. The van der Waals surface area contributed by atoms with Crippen LogP contribution in [-0.4, -0.2) is 36.3 Å². The molecule has 0 spiro atoms. The van der Waals surface area contributed by atoms with Crippen molar-refractivity contribution in [3.8, 4) is 0 Å². The zero-order valence-corrected chi connectivity index (χ0v) is 22.4. The molecule has 0 aliphatic carbocycles. The second-order valence-corrected chi connectivity index (χ2v) is 12.6. The lowest BCUT2D eigenvalue weighted by atomic mass is 10.1. The average Bonchev–Trinajstić information content (AvgIpc) is 3.13. The third-order valence-corrected chi connectivity index (χ3v) is 8.70. The zero-order valence-electron chi connectivity index (χ0n) is 20.7. The quantitative estimate of drug-likeness (QED) is 0.333. The second kappa shape index (κ2) is 10.0. The van der Waals surface area contributed by atoms with E-state index in [9.17, 15) is 13.2 Å². The molecule has 35 heavy (non-hydrogen) atoms. The molecule has 0 radical (unpaired) electrons. The minimum Gasteiger partial charge on any atom is -0.319 e. The maximum Gasteiger partial charge on any atom is 0.279 e. The van der Waals surface area contributed by atoms with Crippen molar-refractivity contribution in [2.45, 2.75) is 32.6 Å². The number of aromatic nitrogens is 1. The molecule has 0 unspecified atom stereocenters. The van der Waals surface area contributed by atoms with Crippen LogP contribution < -0.4 is 4.80 Å². The van der Waals surface area contributed by atoms with Gasteiger partial charge < -0.3 is 4.57 Å². The maximum absolute atomic E-state index is 13.2. The van der Waals surface area contributed by atoms with Crippen LogP contribution in [0.4, 0.5) is 0 Å². The van der Waals surface area contributed by atoms with E-state index in [4.69, 9.17) is 0 Å². The summed E-state index contributed by atoms with van der Waals surface area (Å²) in [5, 5.41) is 2.24. The van der Waals surface area contributed by atoms with Gasteiger partial charge in [-0.3, -0.25) is 4.79 Å². The highest BCUT2D eigenvalue weighted by molar-refractivity contribution is 7.89. The zero-order chi connectivity index (χ0) is 25.3. The van der Waals surface area contributed by atoms with E-state index in [1.54, 1.807) is 12.1 Å². The summed E-state index contributed by atoms with van der Waals surface area (Å²) in [6, 6.07) is 18.4. The molecular weight excluding hydrogens is 478 g/mol. The highest BCUT2D eigenvalue weighted by atomic mass is 32.2. The van der Waals surface area contributed by atoms with Crippen molar-refractivity contribution in [2.24, 2.45) is 23.9 Å². The average molecular weight is 510 g/mol. The number of benzene rings is 3. The van der Waals surface area contributed by atoms with Gasteiger partial charge in [0, 0.05) is 31.1 Å². The molecule has 1 amide bonds.